The van der Waals surface area contributed by atoms with E-state index in [9.17, 15) is 9.59 Å². The van der Waals surface area contributed by atoms with Crippen LogP contribution in [0.15, 0.2) is 41.2 Å². The number of rotatable bonds is 6. The Kier molecular flexibility index (Phi) is 5.49. The van der Waals surface area contributed by atoms with E-state index in [1.165, 1.54) is 25.9 Å². The number of hydrogen-bond acceptors (Lipinski definition) is 6. The van der Waals surface area contributed by atoms with Gasteiger partial charge in [-0.25, -0.2) is 4.98 Å². The van der Waals surface area contributed by atoms with Gasteiger partial charge < -0.3 is 19.5 Å². The zero-order chi connectivity index (χ0) is 20.3. The maximum absolute atomic E-state index is 12.6. The quantitative estimate of drug-likeness (QED) is 0.699. The van der Waals surface area contributed by atoms with Gasteiger partial charge >= 0.3 is 0 Å². The van der Waals surface area contributed by atoms with Crippen LogP contribution >= 0.6 is 0 Å². The number of nitrogens with zero attached hydrogens (tertiary/aromatic N) is 2. The number of hydrogen-bond donors (Lipinski definition) is 1. The third-order valence-corrected chi connectivity index (χ3v) is 4.41. The molecule has 0 saturated carbocycles. The highest BCUT2D eigenvalue weighted by Crippen LogP contribution is 2.38. The van der Waals surface area contributed by atoms with Crippen LogP contribution in [0.5, 0.6) is 17.2 Å². The Hall–Kier alpha value is -3.55. The van der Waals surface area contributed by atoms with Gasteiger partial charge in [-0.05, 0) is 24.3 Å². The smallest absolute Gasteiger partial charge is 0.261 e. The first-order valence-electron chi connectivity index (χ1n) is 8.53. The van der Waals surface area contributed by atoms with E-state index in [4.69, 9.17) is 14.2 Å². The summed E-state index contributed by atoms with van der Waals surface area (Å²) >= 11 is 0. The van der Waals surface area contributed by atoms with Crippen LogP contribution in [0.25, 0.3) is 10.9 Å². The fourth-order valence-electron chi connectivity index (χ4n) is 2.90. The number of benzene rings is 2. The summed E-state index contributed by atoms with van der Waals surface area (Å²) in [7, 11) is 6.08. The van der Waals surface area contributed by atoms with Crippen molar-refractivity contribution in [2.75, 3.05) is 21.3 Å². The molecule has 0 spiro atoms. The predicted octanol–water partition coefficient (Wildman–Crippen LogP) is 1.89. The molecule has 0 radical (unpaired) electrons. The van der Waals surface area contributed by atoms with Crippen LogP contribution < -0.4 is 25.1 Å². The van der Waals surface area contributed by atoms with Crippen molar-refractivity contribution in [3.63, 3.8) is 0 Å². The number of ether oxygens (including phenoxy) is 3. The summed E-state index contributed by atoms with van der Waals surface area (Å²) < 4.78 is 17.2. The topological polar surface area (TPSA) is 91.7 Å². The first kappa shape index (κ1) is 19.2. The number of methoxy groups -OCH3 is 3. The van der Waals surface area contributed by atoms with Gasteiger partial charge in [0.15, 0.2) is 11.5 Å². The number of aromatic nitrogens is 2. The van der Waals surface area contributed by atoms with Crippen LogP contribution in [0.4, 0.5) is 0 Å². The van der Waals surface area contributed by atoms with Crippen molar-refractivity contribution in [2.24, 2.45) is 7.05 Å². The van der Waals surface area contributed by atoms with Gasteiger partial charge in [-0.2, -0.15) is 0 Å². The Bertz CT molecular complexity index is 1070. The molecule has 1 aromatic heterocycles. The van der Waals surface area contributed by atoms with E-state index in [-0.39, 0.29) is 18.0 Å². The highest BCUT2D eigenvalue weighted by molar-refractivity contribution is 5.95. The number of carbonyl (C=O) groups excluding carboxylic acids is 1. The summed E-state index contributed by atoms with van der Waals surface area (Å²) in [6.45, 7) is 0.0894. The van der Waals surface area contributed by atoms with E-state index in [0.717, 1.165) is 0 Å². The van der Waals surface area contributed by atoms with Crippen molar-refractivity contribution in [3.8, 4) is 17.2 Å². The number of para-hydroxylation sites is 1. The fourth-order valence-corrected chi connectivity index (χ4v) is 2.90. The van der Waals surface area contributed by atoms with Crippen molar-refractivity contribution in [2.45, 2.75) is 6.54 Å². The van der Waals surface area contributed by atoms with E-state index in [1.807, 2.05) is 6.07 Å². The SMILES string of the molecule is COc1cc(C(=O)NCc2nc3ccccc3c(=O)n2C)cc(OC)c1OC. The van der Waals surface area contributed by atoms with Crippen LogP contribution in [0.1, 0.15) is 16.2 Å². The lowest BCUT2D eigenvalue weighted by Gasteiger charge is -2.14. The second-order valence-corrected chi connectivity index (χ2v) is 6.01. The lowest BCUT2D eigenvalue weighted by molar-refractivity contribution is 0.0948. The minimum atomic E-state index is -0.360. The molecule has 3 rings (SSSR count). The highest BCUT2D eigenvalue weighted by atomic mass is 16.5. The summed E-state index contributed by atoms with van der Waals surface area (Å²) in [6.07, 6.45) is 0. The molecule has 8 nitrogen and oxygen atoms in total. The maximum Gasteiger partial charge on any atom is 0.261 e. The molecule has 146 valence electrons. The largest absolute Gasteiger partial charge is 0.493 e. The summed E-state index contributed by atoms with van der Waals surface area (Å²) in [5, 5.41) is 3.31. The Morgan fingerprint density at radius 2 is 1.71 bits per heavy atom. The van der Waals surface area contributed by atoms with Gasteiger partial charge in [-0.1, -0.05) is 12.1 Å². The first-order chi connectivity index (χ1) is 13.5. The molecule has 1 amide bonds. The third-order valence-electron chi connectivity index (χ3n) is 4.41. The van der Waals surface area contributed by atoms with Gasteiger partial charge in [-0.3, -0.25) is 14.2 Å². The Morgan fingerprint density at radius 1 is 1.07 bits per heavy atom. The monoisotopic (exact) mass is 383 g/mol. The standard InChI is InChI=1S/C20H21N3O5/c1-23-17(22-14-8-6-5-7-13(14)20(23)25)11-21-19(24)12-9-15(26-2)18(28-4)16(10-12)27-3/h5-10H,11H2,1-4H3,(H,21,24). The van der Waals surface area contributed by atoms with E-state index < -0.39 is 0 Å². The first-order valence-corrected chi connectivity index (χ1v) is 8.53. The molecule has 2 aromatic carbocycles. The van der Waals surface area contributed by atoms with Crippen LogP contribution in [0.2, 0.25) is 0 Å². The van der Waals surface area contributed by atoms with Gasteiger partial charge in [0.2, 0.25) is 5.75 Å². The van der Waals surface area contributed by atoms with Crippen molar-refractivity contribution >= 4 is 16.8 Å². The Morgan fingerprint density at radius 3 is 2.32 bits per heavy atom. The average molecular weight is 383 g/mol. The minimum absolute atomic E-state index is 0.0894. The van der Waals surface area contributed by atoms with Crippen molar-refractivity contribution in [3.05, 3.63) is 58.1 Å². The number of nitrogens with one attached hydrogen (secondary N) is 1. The van der Waals surface area contributed by atoms with Gasteiger partial charge in [0.25, 0.3) is 11.5 Å². The third kappa shape index (κ3) is 3.48. The number of amides is 1. The zero-order valence-corrected chi connectivity index (χ0v) is 16.1. The number of carbonyl (C=O) groups is 1. The maximum atomic E-state index is 12.6. The van der Waals surface area contributed by atoms with Crippen LogP contribution in [-0.4, -0.2) is 36.8 Å². The van der Waals surface area contributed by atoms with E-state index in [1.54, 1.807) is 37.4 Å². The second kappa shape index (κ2) is 7.99. The molecule has 0 saturated heterocycles. The van der Waals surface area contributed by atoms with Gasteiger partial charge in [0.1, 0.15) is 5.82 Å². The molecule has 8 heteroatoms. The molecular formula is C20H21N3O5. The summed E-state index contributed by atoms with van der Waals surface area (Å²) in [4.78, 5) is 29.6. The normalized spacial score (nSPS) is 10.6. The molecule has 0 aliphatic heterocycles. The summed E-state index contributed by atoms with van der Waals surface area (Å²) in [5.41, 5.74) is 0.755. The molecule has 0 aliphatic rings. The van der Waals surface area contributed by atoms with E-state index >= 15 is 0 Å². The zero-order valence-electron chi connectivity index (χ0n) is 16.1. The van der Waals surface area contributed by atoms with Crippen LogP contribution in [0, 0.1) is 0 Å². The lowest BCUT2D eigenvalue weighted by Crippen LogP contribution is -2.29. The summed E-state index contributed by atoms with van der Waals surface area (Å²) in [5.74, 6) is 1.25. The molecule has 0 atom stereocenters. The Labute approximate surface area is 161 Å². The molecule has 1 N–H and O–H groups in total. The second-order valence-electron chi connectivity index (χ2n) is 6.01. The minimum Gasteiger partial charge on any atom is -0.493 e. The molecule has 0 aliphatic carbocycles. The molecule has 28 heavy (non-hydrogen) atoms. The molecule has 0 unspecified atom stereocenters. The lowest BCUT2D eigenvalue weighted by atomic mass is 10.1. The molecule has 0 fully saturated rings. The molecule has 3 aromatic rings. The molecule has 1 heterocycles. The van der Waals surface area contributed by atoms with Gasteiger partial charge in [0, 0.05) is 12.6 Å². The van der Waals surface area contributed by atoms with Gasteiger partial charge in [-0.15, -0.1) is 0 Å². The van der Waals surface area contributed by atoms with Crippen LogP contribution in [-0.2, 0) is 13.6 Å². The van der Waals surface area contributed by atoms with Crippen molar-refractivity contribution in [1.29, 1.82) is 0 Å². The fraction of sp³-hybridized carbons (Fsp3) is 0.250. The van der Waals surface area contributed by atoms with Crippen LogP contribution in [0.3, 0.4) is 0 Å². The van der Waals surface area contributed by atoms with E-state index in [0.29, 0.717) is 39.5 Å². The Balaban J connectivity index is 1.88. The predicted molar refractivity (Wildman–Crippen MR) is 104 cm³/mol. The summed E-state index contributed by atoms with van der Waals surface area (Å²) in [6, 6.07) is 10.2. The van der Waals surface area contributed by atoms with Crippen molar-refractivity contribution < 1.29 is 19.0 Å². The molecular weight excluding hydrogens is 362 g/mol. The van der Waals surface area contributed by atoms with Crippen molar-refractivity contribution in [1.82, 2.24) is 14.9 Å². The number of fused-ring (bicyclic) bond motifs is 1. The average Bonchev–Trinajstić information content (AvgIpc) is 2.73. The highest BCUT2D eigenvalue weighted by Gasteiger charge is 2.17. The molecule has 0 bridgehead atoms. The van der Waals surface area contributed by atoms with Gasteiger partial charge in [0.05, 0.1) is 38.8 Å². The van der Waals surface area contributed by atoms with E-state index in [2.05, 4.69) is 10.3 Å².